The lowest BCUT2D eigenvalue weighted by Gasteiger charge is -2.07. The van der Waals surface area contributed by atoms with Crippen LogP contribution in [0.15, 0.2) is 59.9 Å². The number of hydrogen-bond donors (Lipinski definition) is 1. The molecule has 0 radical (unpaired) electrons. The Morgan fingerprint density at radius 2 is 1.92 bits per heavy atom. The smallest absolute Gasteiger partial charge is 0.168 e. The highest BCUT2D eigenvalue weighted by Crippen LogP contribution is 2.26. The predicted molar refractivity (Wildman–Crippen MR) is 95.3 cm³/mol. The normalized spacial score (nSPS) is 10.5. The molecule has 4 nitrogen and oxygen atoms in total. The molecule has 5 heteroatoms. The Morgan fingerprint density at radius 1 is 1.17 bits per heavy atom. The molecule has 0 bridgehead atoms. The van der Waals surface area contributed by atoms with Crippen LogP contribution in [-0.4, -0.2) is 14.7 Å². The molecule has 0 aliphatic carbocycles. The molecule has 1 aromatic heterocycles. The number of hydrogen-bond acceptors (Lipinski definition) is 4. The Hall–Kier alpha value is -2.55. The third kappa shape index (κ3) is 3.35. The summed E-state index contributed by atoms with van der Waals surface area (Å²) in [7, 11) is 1.91. The van der Waals surface area contributed by atoms with Gasteiger partial charge in [-0.05, 0) is 22.8 Å². The molecule has 1 N–H and O–H groups in total. The molecule has 3 rings (SSSR count). The van der Waals surface area contributed by atoms with Gasteiger partial charge in [0.05, 0.1) is 30.1 Å². The van der Waals surface area contributed by atoms with Gasteiger partial charge in [-0.3, -0.25) is 0 Å². The van der Waals surface area contributed by atoms with E-state index in [0.717, 1.165) is 27.7 Å². The number of thioether (sulfide) groups is 1. The second-order valence-electron chi connectivity index (χ2n) is 5.39. The maximum Gasteiger partial charge on any atom is 0.168 e. The van der Waals surface area contributed by atoms with Gasteiger partial charge < -0.3 is 9.67 Å². The Bertz CT molecular complexity index is 878. The molecule has 0 saturated carbocycles. The van der Waals surface area contributed by atoms with Crippen LogP contribution >= 0.6 is 11.8 Å². The van der Waals surface area contributed by atoms with E-state index in [1.807, 2.05) is 48.0 Å². The average molecular weight is 335 g/mol. The fraction of sp³-hybridized carbons (Fsp3) is 0.158. The minimum absolute atomic E-state index is 0.00292. The van der Waals surface area contributed by atoms with Gasteiger partial charge in [0.15, 0.2) is 5.16 Å². The Labute approximate surface area is 145 Å². The summed E-state index contributed by atoms with van der Waals surface area (Å²) in [6, 6.07) is 18.1. The molecule has 120 valence electrons. The molecule has 0 spiro atoms. The van der Waals surface area contributed by atoms with Crippen molar-refractivity contribution in [3.8, 4) is 17.2 Å². The highest BCUT2D eigenvalue weighted by molar-refractivity contribution is 7.98. The first-order chi connectivity index (χ1) is 11.7. The van der Waals surface area contributed by atoms with Crippen molar-refractivity contribution in [2.75, 3.05) is 0 Å². The first kappa shape index (κ1) is 16.3. The van der Waals surface area contributed by atoms with Gasteiger partial charge in [-0.25, -0.2) is 4.98 Å². The number of aliphatic hydroxyl groups is 1. The lowest BCUT2D eigenvalue weighted by molar-refractivity contribution is 0.271. The van der Waals surface area contributed by atoms with Crippen LogP contribution in [0.3, 0.4) is 0 Å². The maximum atomic E-state index is 9.21. The molecule has 0 fully saturated rings. The van der Waals surface area contributed by atoms with Crippen LogP contribution in [0.2, 0.25) is 0 Å². The van der Waals surface area contributed by atoms with Crippen LogP contribution in [0.25, 0.3) is 11.1 Å². The Balaban J connectivity index is 1.73. The largest absolute Gasteiger partial charge is 0.390 e. The maximum absolute atomic E-state index is 9.21. The van der Waals surface area contributed by atoms with Crippen LogP contribution in [0.5, 0.6) is 0 Å². The Kier molecular flexibility index (Phi) is 4.99. The van der Waals surface area contributed by atoms with Gasteiger partial charge in [-0.2, -0.15) is 5.26 Å². The van der Waals surface area contributed by atoms with Crippen LogP contribution in [0.4, 0.5) is 0 Å². The van der Waals surface area contributed by atoms with Gasteiger partial charge in [0.1, 0.15) is 0 Å². The van der Waals surface area contributed by atoms with Crippen molar-refractivity contribution in [1.82, 2.24) is 9.55 Å². The average Bonchev–Trinajstić information content (AvgIpc) is 3.00. The van der Waals surface area contributed by atoms with Gasteiger partial charge >= 0.3 is 0 Å². The van der Waals surface area contributed by atoms with E-state index in [1.54, 1.807) is 18.0 Å². The molecule has 0 aliphatic rings. The summed E-state index contributed by atoms with van der Waals surface area (Å²) >= 11 is 1.63. The summed E-state index contributed by atoms with van der Waals surface area (Å²) in [5, 5.41) is 19.3. The van der Waals surface area contributed by atoms with E-state index in [-0.39, 0.29) is 6.61 Å². The molecule has 0 amide bonds. The Morgan fingerprint density at radius 3 is 2.58 bits per heavy atom. The summed E-state index contributed by atoms with van der Waals surface area (Å²) in [6.07, 6.45) is 1.70. The molecule has 24 heavy (non-hydrogen) atoms. The summed E-state index contributed by atoms with van der Waals surface area (Å²) in [6.45, 7) is -0.00292. The zero-order chi connectivity index (χ0) is 16.9. The van der Waals surface area contributed by atoms with Gasteiger partial charge in [-0.1, -0.05) is 54.2 Å². The first-order valence-corrected chi connectivity index (χ1v) is 8.54. The molecule has 0 unspecified atom stereocenters. The third-order valence-corrected chi connectivity index (χ3v) is 5.00. The molecule has 1 heterocycles. The monoisotopic (exact) mass is 335 g/mol. The molecular formula is C19H17N3OS. The van der Waals surface area contributed by atoms with Gasteiger partial charge in [-0.15, -0.1) is 0 Å². The predicted octanol–water partition coefficient (Wildman–Crippen LogP) is 3.74. The van der Waals surface area contributed by atoms with E-state index in [4.69, 9.17) is 0 Å². The topological polar surface area (TPSA) is 61.8 Å². The van der Waals surface area contributed by atoms with Crippen molar-refractivity contribution >= 4 is 11.8 Å². The number of imidazole rings is 1. The number of aromatic nitrogens is 2. The molecule has 0 saturated heterocycles. The van der Waals surface area contributed by atoms with Gasteiger partial charge in [0.25, 0.3) is 0 Å². The van der Waals surface area contributed by atoms with Crippen LogP contribution in [0.1, 0.15) is 16.8 Å². The lowest BCUT2D eigenvalue weighted by Crippen LogP contribution is -1.97. The fourth-order valence-corrected chi connectivity index (χ4v) is 3.39. The number of nitrogens with zero attached hydrogens (tertiary/aromatic N) is 3. The van der Waals surface area contributed by atoms with E-state index in [2.05, 4.69) is 23.2 Å². The second-order valence-corrected chi connectivity index (χ2v) is 6.33. The fourth-order valence-electron chi connectivity index (χ4n) is 2.47. The van der Waals surface area contributed by atoms with E-state index >= 15 is 0 Å². The highest BCUT2D eigenvalue weighted by atomic mass is 32.2. The zero-order valence-electron chi connectivity index (χ0n) is 13.3. The minimum Gasteiger partial charge on any atom is -0.390 e. The number of benzene rings is 2. The molecular weight excluding hydrogens is 318 g/mol. The van der Waals surface area contributed by atoms with Crippen molar-refractivity contribution in [3.05, 3.63) is 71.5 Å². The first-order valence-electron chi connectivity index (χ1n) is 7.55. The number of rotatable bonds is 5. The SMILES string of the molecule is Cn1c(CO)cnc1SCc1ccc(-c2ccccc2C#N)cc1. The molecule has 2 aromatic carbocycles. The molecule has 0 atom stereocenters. The molecule has 3 aromatic rings. The van der Waals surface area contributed by atoms with Crippen molar-refractivity contribution < 1.29 is 5.11 Å². The second kappa shape index (κ2) is 7.35. The van der Waals surface area contributed by atoms with E-state index in [0.29, 0.717) is 5.56 Å². The minimum atomic E-state index is -0.00292. The van der Waals surface area contributed by atoms with Crippen LogP contribution < -0.4 is 0 Å². The quantitative estimate of drug-likeness (QED) is 0.722. The van der Waals surface area contributed by atoms with E-state index in [1.165, 1.54) is 5.56 Å². The standard InChI is InChI=1S/C19H17N3OS/c1-22-17(12-23)11-21-19(22)24-13-14-6-8-15(9-7-14)18-5-3-2-4-16(18)10-20/h2-9,11,23H,12-13H2,1H3. The van der Waals surface area contributed by atoms with Crippen molar-refractivity contribution in [1.29, 1.82) is 5.26 Å². The third-order valence-electron chi connectivity index (χ3n) is 3.88. The van der Waals surface area contributed by atoms with Crippen molar-refractivity contribution in [3.63, 3.8) is 0 Å². The van der Waals surface area contributed by atoms with Crippen LogP contribution in [-0.2, 0) is 19.4 Å². The summed E-state index contributed by atoms with van der Waals surface area (Å²) in [4.78, 5) is 4.32. The van der Waals surface area contributed by atoms with E-state index in [9.17, 15) is 10.4 Å². The van der Waals surface area contributed by atoms with Crippen molar-refractivity contribution in [2.24, 2.45) is 7.05 Å². The summed E-state index contributed by atoms with van der Waals surface area (Å²) in [5.41, 5.74) is 4.67. The number of aliphatic hydroxyl groups excluding tert-OH is 1. The zero-order valence-corrected chi connectivity index (χ0v) is 14.1. The van der Waals surface area contributed by atoms with Crippen LogP contribution in [0, 0.1) is 11.3 Å². The van der Waals surface area contributed by atoms with Crippen molar-refractivity contribution in [2.45, 2.75) is 17.5 Å². The lowest BCUT2D eigenvalue weighted by atomic mass is 10.00. The van der Waals surface area contributed by atoms with E-state index < -0.39 is 0 Å². The van der Waals surface area contributed by atoms with Gasteiger partial charge in [0, 0.05) is 12.8 Å². The molecule has 0 aliphatic heterocycles. The number of nitriles is 1. The highest BCUT2D eigenvalue weighted by Gasteiger charge is 2.07. The summed E-state index contributed by atoms with van der Waals surface area (Å²) < 4.78 is 1.90. The summed E-state index contributed by atoms with van der Waals surface area (Å²) in [5.74, 6) is 0.801. The van der Waals surface area contributed by atoms with Gasteiger partial charge in [0.2, 0.25) is 0 Å².